The summed E-state index contributed by atoms with van der Waals surface area (Å²) in [5.74, 6) is 0.821. The van der Waals surface area contributed by atoms with Gasteiger partial charge in [0.2, 0.25) is 0 Å². The van der Waals surface area contributed by atoms with E-state index in [0.29, 0.717) is 0 Å². The molecule has 0 saturated heterocycles. The van der Waals surface area contributed by atoms with Gasteiger partial charge >= 0.3 is 125 Å². The molecule has 18 heavy (non-hydrogen) atoms. The SMILES string of the molecule is CC(C)CC/C=C(/[Te]c1ccccc1)[Si](C)(C)C. The monoisotopic (exact) mass is 376 g/mol. The summed E-state index contributed by atoms with van der Waals surface area (Å²) in [5, 5.41) is 0. The fourth-order valence-electron chi connectivity index (χ4n) is 1.66. The predicted molar refractivity (Wildman–Crippen MR) is 87.3 cm³/mol. The first kappa shape index (κ1) is 16.0. The maximum absolute atomic E-state index is 2.58. The summed E-state index contributed by atoms with van der Waals surface area (Å²) in [6, 6.07) is 11.1. The predicted octanol–water partition coefficient (Wildman–Crippen LogP) is 4.21. The molecule has 0 aromatic heterocycles. The second kappa shape index (κ2) is 7.53. The molecule has 1 rings (SSSR count). The first-order valence-electron chi connectivity index (χ1n) is 6.83. The van der Waals surface area contributed by atoms with Crippen LogP contribution in [0.15, 0.2) is 39.7 Å². The summed E-state index contributed by atoms with van der Waals surface area (Å²) in [4.78, 5) is 0. The van der Waals surface area contributed by atoms with E-state index in [0.717, 1.165) is 5.92 Å². The van der Waals surface area contributed by atoms with Gasteiger partial charge in [0, 0.05) is 0 Å². The van der Waals surface area contributed by atoms with Gasteiger partial charge in [-0.05, 0) is 0 Å². The van der Waals surface area contributed by atoms with E-state index >= 15 is 0 Å². The third-order valence-corrected chi connectivity index (χ3v) is 12.9. The van der Waals surface area contributed by atoms with Crippen molar-refractivity contribution in [1.82, 2.24) is 0 Å². The summed E-state index contributed by atoms with van der Waals surface area (Å²) in [6.45, 7) is 12.1. The van der Waals surface area contributed by atoms with Gasteiger partial charge in [-0.2, -0.15) is 0 Å². The zero-order valence-electron chi connectivity index (χ0n) is 12.4. The molecule has 0 aliphatic heterocycles. The Morgan fingerprint density at radius 2 is 1.78 bits per heavy atom. The van der Waals surface area contributed by atoms with Crippen LogP contribution in [-0.4, -0.2) is 29.0 Å². The van der Waals surface area contributed by atoms with Crippen LogP contribution in [0.3, 0.4) is 0 Å². The van der Waals surface area contributed by atoms with Gasteiger partial charge in [0.25, 0.3) is 0 Å². The Kier molecular flexibility index (Phi) is 6.70. The molecule has 0 nitrogen and oxygen atoms in total. The van der Waals surface area contributed by atoms with E-state index in [1.807, 2.05) is 3.24 Å². The molecule has 0 bridgehead atoms. The normalized spacial score (nSPS) is 13.1. The minimum absolute atomic E-state index is 0.136. The fraction of sp³-hybridized carbons (Fsp3) is 0.500. The van der Waals surface area contributed by atoms with Gasteiger partial charge in [-0.3, -0.25) is 0 Å². The Morgan fingerprint density at radius 3 is 2.28 bits per heavy atom. The molecule has 0 radical (unpaired) electrons. The average Bonchev–Trinajstić information content (AvgIpc) is 2.27. The van der Waals surface area contributed by atoms with E-state index in [-0.39, 0.29) is 20.9 Å². The van der Waals surface area contributed by atoms with E-state index in [2.05, 4.69) is 69.9 Å². The molecule has 1 aromatic rings. The van der Waals surface area contributed by atoms with E-state index in [1.165, 1.54) is 12.8 Å². The molecule has 100 valence electrons. The molecule has 0 aliphatic carbocycles. The summed E-state index contributed by atoms with van der Waals surface area (Å²) >= 11 is -0.136. The van der Waals surface area contributed by atoms with Crippen molar-refractivity contribution in [2.75, 3.05) is 0 Å². The van der Waals surface area contributed by atoms with E-state index in [4.69, 9.17) is 0 Å². The molecule has 0 aliphatic rings. The molecule has 0 fully saturated rings. The summed E-state index contributed by atoms with van der Waals surface area (Å²) in [6.07, 6.45) is 5.19. The Morgan fingerprint density at radius 1 is 1.17 bits per heavy atom. The first-order chi connectivity index (χ1) is 8.39. The molecular weight excluding hydrogens is 348 g/mol. The topological polar surface area (TPSA) is 0 Å². The van der Waals surface area contributed by atoms with Crippen LogP contribution in [-0.2, 0) is 0 Å². The minimum atomic E-state index is -1.12. The second-order valence-corrected chi connectivity index (χ2v) is 15.5. The van der Waals surface area contributed by atoms with Crippen LogP contribution in [0.5, 0.6) is 0 Å². The number of hydrogen-bond donors (Lipinski definition) is 0. The summed E-state index contributed by atoms with van der Waals surface area (Å²) in [7, 11) is -1.12. The number of hydrogen-bond acceptors (Lipinski definition) is 0. The van der Waals surface area contributed by atoms with Crippen LogP contribution < -0.4 is 3.61 Å². The van der Waals surface area contributed by atoms with Crippen molar-refractivity contribution in [1.29, 1.82) is 0 Å². The molecule has 1 aromatic carbocycles. The van der Waals surface area contributed by atoms with Crippen LogP contribution in [0, 0.1) is 5.92 Å². The third kappa shape index (κ3) is 6.23. The van der Waals surface area contributed by atoms with E-state index < -0.39 is 8.07 Å². The molecule has 0 atom stereocenters. The molecule has 0 unspecified atom stereocenters. The van der Waals surface area contributed by atoms with E-state index in [1.54, 1.807) is 3.61 Å². The number of allylic oxidation sites excluding steroid dienone is 1. The zero-order valence-corrected chi connectivity index (χ0v) is 15.7. The van der Waals surface area contributed by atoms with Crippen LogP contribution in [0.25, 0.3) is 0 Å². The van der Waals surface area contributed by atoms with Crippen LogP contribution >= 0.6 is 0 Å². The van der Waals surface area contributed by atoms with Crippen molar-refractivity contribution in [3.05, 3.63) is 39.7 Å². The zero-order chi connectivity index (χ0) is 13.6. The Labute approximate surface area is 124 Å². The van der Waals surface area contributed by atoms with Gasteiger partial charge in [0.1, 0.15) is 0 Å². The quantitative estimate of drug-likeness (QED) is 0.655. The molecule has 0 saturated carbocycles. The number of benzene rings is 1. The average molecular weight is 374 g/mol. The van der Waals surface area contributed by atoms with Crippen molar-refractivity contribution in [3.8, 4) is 0 Å². The van der Waals surface area contributed by atoms with Gasteiger partial charge in [0.05, 0.1) is 0 Å². The third-order valence-electron chi connectivity index (χ3n) is 2.78. The molecule has 0 heterocycles. The van der Waals surface area contributed by atoms with Gasteiger partial charge in [-0.25, -0.2) is 0 Å². The molecule has 0 N–H and O–H groups in total. The van der Waals surface area contributed by atoms with Crippen molar-refractivity contribution < 1.29 is 0 Å². The van der Waals surface area contributed by atoms with Crippen LogP contribution in [0.2, 0.25) is 19.6 Å². The van der Waals surface area contributed by atoms with Crippen LogP contribution in [0.1, 0.15) is 26.7 Å². The fourth-order valence-corrected chi connectivity index (χ4v) is 8.28. The van der Waals surface area contributed by atoms with E-state index in [9.17, 15) is 0 Å². The van der Waals surface area contributed by atoms with Crippen molar-refractivity contribution in [3.63, 3.8) is 0 Å². The Hall–Kier alpha value is -0.0335. The van der Waals surface area contributed by atoms with Gasteiger partial charge in [-0.15, -0.1) is 0 Å². The van der Waals surface area contributed by atoms with Crippen LogP contribution in [0.4, 0.5) is 0 Å². The molecule has 0 spiro atoms. The first-order valence-corrected chi connectivity index (χ1v) is 12.7. The van der Waals surface area contributed by atoms with Crippen molar-refractivity contribution in [2.45, 2.75) is 46.3 Å². The van der Waals surface area contributed by atoms with Crippen molar-refractivity contribution >= 4 is 32.6 Å². The van der Waals surface area contributed by atoms with Crippen molar-refractivity contribution in [2.24, 2.45) is 5.92 Å². The summed E-state index contributed by atoms with van der Waals surface area (Å²) < 4.78 is 3.42. The summed E-state index contributed by atoms with van der Waals surface area (Å²) in [5.41, 5.74) is 0. The molecule has 0 amide bonds. The van der Waals surface area contributed by atoms with Gasteiger partial charge in [-0.1, -0.05) is 0 Å². The molecular formula is C16H26SiTe. The second-order valence-electron chi connectivity index (χ2n) is 6.20. The van der Waals surface area contributed by atoms with Gasteiger partial charge in [0.15, 0.2) is 0 Å². The number of rotatable bonds is 6. The standard InChI is InChI=1S/C16H26SiTe/c1-14(2)10-9-13-16(17(3,4)5)18-15-11-7-6-8-12-15/h6-8,11-14H,9-10H2,1-5H3/b16-13+. The van der Waals surface area contributed by atoms with Gasteiger partial charge < -0.3 is 0 Å². The Balaban J connectivity index is 2.74. The molecule has 2 heteroatoms. The maximum atomic E-state index is 2.58. The Bertz CT molecular complexity index is 374.